The van der Waals surface area contributed by atoms with E-state index in [2.05, 4.69) is 9.71 Å². The number of anilines is 1. The third-order valence-electron chi connectivity index (χ3n) is 4.45. The molecule has 4 rings (SSSR count). The summed E-state index contributed by atoms with van der Waals surface area (Å²) >= 11 is 1.31. The number of sulfonamides is 1. The number of benzene rings is 3. The van der Waals surface area contributed by atoms with Gasteiger partial charge < -0.3 is 5.11 Å². The Labute approximate surface area is 181 Å². The van der Waals surface area contributed by atoms with Gasteiger partial charge in [0, 0.05) is 22.2 Å². The number of carboxylic acid groups (broad SMARTS) is 1. The van der Waals surface area contributed by atoms with E-state index in [0.29, 0.717) is 16.3 Å². The van der Waals surface area contributed by atoms with Crippen LogP contribution in [0.15, 0.2) is 83.1 Å². The third-order valence-corrected chi connectivity index (χ3v) is 6.76. The summed E-state index contributed by atoms with van der Waals surface area (Å²) in [5.41, 5.74) is 1.74. The van der Waals surface area contributed by atoms with Gasteiger partial charge in [0.1, 0.15) is 15.7 Å². The molecule has 31 heavy (non-hydrogen) atoms. The number of rotatable bonds is 6. The molecule has 0 aliphatic carbocycles. The molecule has 0 bridgehead atoms. The fourth-order valence-corrected chi connectivity index (χ4v) is 5.08. The fraction of sp³-hybridized carbons (Fsp3) is 0. The summed E-state index contributed by atoms with van der Waals surface area (Å²) in [4.78, 5) is 15.5. The SMILES string of the molecule is O=C(O)c1ccccc1S(=O)(=O)Nc1ccc(-c2csc(-c3ccccc3F)n2)cc1. The Morgan fingerprint density at radius 1 is 0.968 bits per heavy atom. The smallest absolute Gasteiger partial charge is 0.337 e. The van der Waals surface area contributed by atoms with Gasteiger partial charge in [-0.05, 0) is 36.4 Å². The van der Waals surface area contributed by atoms with Gasteiger partial charge in [-0.1, -0.05) is 36.4 Å². The molecule has 1 heterocycles. The number of nitrogens with zero attached hydrogens (tertiary/aromatic N) is 1. The summed E-state index contributed by atoms with van der Waals surface area (Å²) in [7, 11) is -4.09. The van der Waals surface area contributed by atoms with Crippen LogP contribution in [0.3, 0.4) is 0 Å². The molecule has 0 unspecified atom stereocenters. The number of aromatic nitrogens is 1. The first kappa shape index (κ1) is 20.7. The first-order chi connectivity index (χ1) is 14.8. The Morgan fingerprint density at radius 2 is 1.65 bits per heavy atom. The number of carbonyl (C=O) groups is 1. The summed E-state index contributed by atoms with van der Waals surface area (Å²) in [5.74, 6) is -1.68. The van der Waals surface area contributed by atoms with Crippen molar-refractivity contribution in [3.05, 3.63) is 89.6 Å². The van der Waals surface area contributed by atoms with Gasteiger partial charge in [0.15, 0.2) is 0 Å². The fourth-order valence-electron chi connectivity index (χ4n) is 2.96. The number of hydrogen-bond donors (Lipinski definition) is 2. The molecule has 0 saturated carbocycles. The molecule has 0 amide bonds. The first-order valence-corrected chi connectivity index (χ1v) is 11.4. The zero-order valence-corrected chi connectivity index (χ0v) is 17.5. The molecule has 0 aliphatic heterocycles. The lowest BCUT2D eigenvalue weighted by atomic mass is 10.1. The highest BCUT2D eigenvalue weighted by Crippen LogP contribution is 2.31. The maximum absolute atomic E-state index is 14.0. The van der Waals surface area contributed by atoms with Gasteiger partial charge in [0.2, 0.25) is 0 Å². The van der Waals surface area contributed by atoms with Crippen molar-refractivity contribution in [3.8, 4) is 21.8 Å². The second-order valence-corrected chi connectivity index (χ2v) is 9.01. The lowest BCUT2D eigenvalue weighted by Gasteiger charge is -2.10. The van der Waals surface area contributed by atoms with Gasteiger partial charge in [0.25, 0.3) is 10.0 Å². The van der Waals surface area contributed by atoms with Crippen molar-refractivity contribution < 1.29 is 22.7 Å². The van der Waals surface area contributed by atoms with Crippen LogP contribution in [-0.4, -0.2) is 24.5 Å². The maximum atomic E-state index is 14.0. The molecule has 3 aromatic carbocycles. The van der Waals surface area contributed by atoms with Crippen molar-refractivity contribution in [2.75, 3.05) is 4.72 Å². The molecular weight excluding hydrogens is 439 g/mol. The highest BCUT2D eigenvalue weighted by Gasteiger charge is 2.22. The molecule has 2 N–H and O–H groups in total. The van der Waals surface area contributed by atoms with Crippen LogP contribution >= 0.6 is 11.3 Å². The van der Waals surface area contributed by atoms with Crippen LogP contribution < -0.4 is 4.72 Å². The van der Waals surface area contributed by atoms with E-state index in [0.717, 1.165) is 5.56 Å². The van der Waals surface area contributed by atoms with Gasteiger partial charge in [-0.15, -0.1) is 11.3 Å². The quantitative estimate of drug-likeness (QED) is 0.422. The third kappa shape index (κ3) is 4.32. The monoisotopic (exact) mass is 454 g/mol. The zero-order chi connectivity index (χ0) is 22.0. The van der Waals surface area contributed by atoms with Crippen LogP contribution in [0.2, 0.25) is 0 Å². The zero-order valence-electron chi connectivity index (χ0n) is 15.8. The number of nitrogens with one attached hydrogen (secondary N) is 1. The van der Waals surface area contributed by atoms with Crippen molar-refractivity contribution in [1.82, 2.24) is 4.98 Å². The highest BCUT2D eigenvalue weighted by atomic mass is 32.2. The Hall–Kier alpha value is -3.56. The van der Waals surface area contributed by atoms with Gasteiger partial charge in [-0.25, -0.2) is 22.6 Å². The average Bonchev–Trinajstić information content (AvgIpc) is 3.24. The van der Waals surface area contributed by atoms with Crippen molar-refractivity contribution >= 4 is 33.0 Å². The first-order valence-electron chi connectivity index (χ1n) is 9.01. The summed E-state index contributed by atoms with van der Waals surface area (Å²) < 4.78 is 41.7. The molecule has 1 aromatic heterocycles. The van der Waals surface area contributed by atoms with E-state index in [-0.39, 0.29) is 22.0 Å². The van der Waals surface area contributed by atoms with Crippen molar-refractivity contribution in [2.45, 2.75) is 4.90 Å². The minimum Gasteiger partial charge on any atom is -0.478 e. The maximum Gasteiger partial charge on any atom is 0.337 e. The predicted octanol–water partition coefficient (Wildman–Crippen LogP) is 5.12. The summed E-state index contributed by atoms with van der Waals surface area (Å²) in [6.45, 7) is 0. The number of thiazole rings is 1. The Kier molecular flexibility index (Phi) is 5.53. The molecule has 0 radical (unpaired) electrons. The normalized spacial score (nSPS) is 11.3. The van der Waals surface area contributed by atoms with E-state index in [1.165, 1.54) is 41.7 Å². The highest BCUT2D eigenvalue weighted by molar-refractivity contribution is 7.92. The molecule has 6 nitrogen and oxygen atoms in total. The summed E-state index contributed by atoms with van der Waals surface area (Å²) in [6.07, 6.45) is 0. The standard InChI is InChI=1S/C22H15FN2O4S2/c23-18-7-3-1-5-16(18)21-24-19(13-30-21)14-9-11-15(12-10-14)25-31(28,29)20-8-4-2-6-17(20)22(26)27/h1-13,25H,(H,26,27). The second-order valence-electron chi connectivity index (χ2n) is 6.50. The number of hydrogen-bond acceptors (Lipinski definition) is 5. The Balaban J connectivity index is 1.57. The van der Waals surface area contributed by atoms with E-state index in [1.807, 2.05) is 0 Å². The minimum absolute atomic E-state index is 0.272. The van der Waals surface area contributed by atoms with Crippen LogP contribution in [0.1, 0.15) is 10.4 Å². The van der Waals surface area contributed by atoms with Crippen molar-refractivity contribution in [1.29, 1.82) is 0 Å². The van der Waals surface area contributed by atoms with Gasteiger partial charge in [-0.2, -0.15) is 0 Å². The number of carboxylic acids is 1. The van der Waals surface area contributed by atoms with Gasteiger partial charge in [-0.3, -0.25) is 4.72 Å². The molecule has 156 valence electrons. The topological polar surface area (TPSA) is 96.4 Å². The van der Waals surface area contributed by atoms with Crippen LogP contribution in [0.4, 0.5) is 10.1 Å². The largest absolute Gasteiger partial charge is 0.478 e. The summed E-state index contributed by atoms with van der Waals surface area (Å²) in [5, 5.41) is 11.6. The van der Waals surface area contributed by atoms with Crippen LogP contribution in [0.5, 0.6) is 0 Å². The van der Waals surface area contributed by atoms with Crippen molar-refractivity contribution in [2.24, 2.45) is 0 Å². The second kappa shape index (κ2) is 8.29. The predicted molar refractivity (Wildman–Crippen MR) is 117 cm³/mol. The Morgan fingerprint density at radius 3 is 2.35 bits per heavy atom. The molecule has 0 aliphatic rings. The van der Waals surface area contributed by atoms with E-state index in [1.54, 1.807) is 47.8 Å². The van der Waals surface area contributed by atoms with E-state index >= 15 is 0 Å². The lowest BCUT2D eigenvalue weighted by molar-refractivity contribution is 0.0692. The molecule has 0 fully saturated rings. The molecule has 9 heteroatoms. The minimum atomic E-state index is -4.09. The number of halogens is 1. The van der Waals surface area contributed by atoms with Crippen LogP contribution in [0.25, 0.3) is 21.8 Å². The van der Waals surface area contributed by atoms with Crippen LogP contribution in [0, 0.1) is 5.82 Å². The van der Waals surface area contributed by atoms with E-state index in [4.69, 9.17) is 0 Å². The number of aromatic carboxylic acids is 1. The Bertz CT molecular complexity index is 1370. The summed E-state index contributed by atoms with van der Waals surface area (Å²) in [6, 6.07) is 18.2. The average molecular weight is 455 g/mol. The molecular formula is C22H15FN2O4S2. The molecule has 4 aromatic rings. The molecule has 0 atom stereocenters. The molecule has 0 spiro atoms. The van der Waals surface area contributed by atoms with Crippen molar-refractivity contribution in [3.63, 3.8) is 0 Å². The van der Waals surface area contributed by atoms with Gasteiger partial charge >= 0.3 is 5.97 Å². The van der Waals surface area contributed by atoms with E-state index < -0.39 is 16.0 Å². The van der Waals surface area contributed by atoms with E-state index in [9.17, 15) is 22.7 Å². The van der Waals surface area contributed by atoms with Crippen LogP contribution in [-0.2, 0) is 10.0 Å². The molecule has 0 saturated heterocycles. The van der Waals surface area contributed by atoms with Gasteiger partial charge in [0.05, 0.1) is 11.3 Å². The lowest BCUT2D eigenvalue weighted by Crippen LogP contribution is -2.16.